The Morgan fingerprint density at radius 2 is 1.73 bits per heavy atom. The molecule has 1 saturated heterocycles. The number of carbonyl (C=O) groups is 1. The molecular formula is C28H34N2O3. The lowest BCUT2D eigenvalue weighted by atomic mass is 9.98. The van der Waals surface area contributed by atoms with E-state index in [1.165, 1.54) is 37.7 Å². The third-order valence-electron chi connectivity index (χ3n) is 7.40. The molecule has 33 heavy (non-hydrogen) atoms. The van der Waals surface area contributed by atoms with E-state index in [-0.39, 0.29) is 5.91 Å². The third kappa shape index (κ3) is 4.65. The molecule has 0 spiro atoms. The van der Waals surface area contributed by atoms with Gasteiger partial charge in [0.1, 0.15) is 11.5 Å². The van der Waals surface area contributed by atoms with Gasteiger partial charge in [0.05, 0.1) is 18.7 Å². The van der Waals surface area contributed by atoms with Crippen molar-refractivity contribution >= 4 is 16.8 Å². The molecule has 0 bridgehead atoms. The van der Waals surface area contributed by atoms with E-state index in [4.69, 9.17) is 9.47 Å². The number of hydrogen-bond acceptors (Lipinski definition) is 4. The molecule has 2 heterocycles. The number of likely N-dealkylation sites (N-methyl/N-ethyl adjacent to an activating group) is 1. The molecule has 5 heteroatoms. The van der Waals surface area contributed by atoms with Crippen LogP contribution >= 0.6 is 0 Å². The Morgan fingerprint density at radius 3 is 2.42 bits per heavy atom. The molecule has 1 aliphatic heterocycles. The number of likely N-dealkylation sites (tertiary alicyclic amines) is 1. The molecule has 1 aromatic heterocycles. The number of carbonyl (C=O) groups excluding carboxylic acids is 1. The second-order valence-electron chi connectivity index (χ2n) is 9.60. The molecule has 2 fully saturated rings. The van der Waals surface area contributed by atoms with Crippen molar-refractivity contribution in [2.75, 3.05) is 20.7 Å². The maximum Gasteiger partial charge on any atom is 0.262 e. The van der Waals surface area contributed by atoms with Crippen LogP contribution in [0.15, 0.2) is 48.7 Å². The quantitative estimate of drug-likeness (QED) is 0.488. The number of rotatable bonds is 6. The largest absolute Gasteiger partial charge is 0.497 e. The van der Waals surface area contributed by atoms with Gasteiger partial charge >= 0.3 is 0 Å². The highest BCUT2D eigenvalue weighted by Crippen LogP contribution is 2.32. The Labute approximate surface area is 196 Å². The summed E-state index contributed by atoms with van der Waals surface area (Å²) in [4.78, 5) is 15.9. The van der Waals surface area contributed by atoms with Gasteiger partial charge in [0.25, 0.3) is 5.91 Å². The van der Waals surface area contributed by atoms with E-state index in [1.807, 2.05) is 41.1 Å². The summed E-state index contributed by atoms with van der Waals surface area (Å²) in [6.07, 6.45) is 11.8. The van der Waals surface area contributed by atoms with Gasteiger partial charge in [-0.3, -0.25) is 9.36 Å². The minimum Gasteiger partial charge on any atom is -0.497 e. The standard InChI is InChI=1S/C28H34N2O3/c1-29-16-6-7-22(29)17-21-19-30(28(31)20-10-12-23(32-2)13-11-20)27-15-14-25(18-26(21)27)33-24-8-4-3-5-9-24/h10-15,18-19,22,24H,3-9,16-17H2,1-2H3. The number of aromatic nitrogens is 1. The van der Waals surface area contributed by atoms with Crippen LogP contribution in [0.3, 0.4) is 0 Å². The van der Waals surface area contributed by atoms with Gasteiger partial charge in [-0.15, -0.1) is 0 Å². The molecule has 1 atom stereocenters. The lowest BCUT2D eigenvalue weighted by Gasteiger charge is -2.23. The van der Waals surface area contributed by atoms with Gasteiger partial charge < -0.3 is 14.4 Å². The third-order valence-corrected chi connectivity index (χ3v) is 7.40. The number of benzene rings is 2. The predicted octanol–water partition coefficient (Wildman–Crippen LogP) is 5.69. The first-order valence-electron chi connectivity index (χ1n) is 12.3. The van der Waals surface area contributed by atoms with E-state index in [0.717, 1.165) is 48.2 Å². The first-order chi connectivity index (χ1) is 16.1. The molecule has 0 radical (unpaired) electrons. The van der Waals surface area contributed by atoms with Crippen LogP contribution in [-0.4, -0.2) is 48.2 Å². The van der Waals surface area contributed by atoms with Crippen LogP contribution in [0, 0.1) is 0 Å². The van der Waals surface area contributed by atoms with Gasteiger partial charge in [-0.2, -0.15) is 0 Å². The summed E-state index contributed by atoms with van der Waals surface area (Å²) >= 11 is 0. The van der Waals surface area contributed by atoms with Crippen LogP contribution in [0.4, 0.5) is 0 Å². The molecule has 5 rings (SSSR count). The van der Waals surface area contributed by atoms with Crippen molar-refractivity contribution in [1.82, 2.24) is 9.47 Å². The van der Waals surface area contributed by atoms with Crippen LogP contribution < -0.4 is 9.47 Å². The second kappa shape index (κ2) is 9.60. The van der Waals surface area contributed by atoms with Crippen molar-refractivity contribution in [3.63, 3.8) is 0 Å². The van der Waals surface area contributed by atoms with Crippen LogP contribution in [0.2, 0.25) is 0 Å². The van der Waals surface area contributed by atoms with E-state index in [1.54, 1.807) is 7.11 Å². The Morgan fingerprint density at radius 1 is 0.970 bits per heavy atom. The van der Waals surface area contributed by atoms with Gasteiger partial charge in [-0.25, -0.2) is 0 Å². The summed E-state index contributed by atoms with van der Waals surface area (Å²) < 4.78 is 13.4. The lowest BCUT2D eigenvalue weighted by Crippen LogP contribution is -2.26. The fourth-order valence-corrected chi connectivity index (χ4v) is 5.42. The van der Waals surface area contributed by atoms with Crippen LogP contribution in [-0.2, 0) is 6.42 Å². The van der Waals surface area contributed by atoms with Crippen molar-refractivity contribution in [3.8, 4) is 11.5 Å². The summed E-state index contributed by atoms with van der Waals surface area (Å²) in [7, 11) is 3.84. The summed E-state index contributed by atoms with van der Waals surface area (Å²) in [5, 5.41) is 1.13. The van der Waals surface area contributed by atoms with E-state index in [9.17, 15) is 4.79 Å². The molecule has 0 amide bonds. The number of hydrogen-bond donors (Lipinski definition) is 0. The Hall–Kier alpha value is -2.79. The summed E-state index contributed by atoms with van der Waals surface area (Å²) in [5.41, 5.74) is 2.82. The molecule has 1 unspecified atom stereocenters. The van der Waals surface area contributed by atoms with Crippen molar-refractivity contribution in [3.05, 3.63) is 59.8 Å². The predicted molar refractivity (Wildman–Crippen MR) is 132 cm³/mol. The summed E-state index contributed by atoms with van der Waals surface area (Å²) in [6.45, 7) is 1.14. The fraction of sp³-hybridized carbons (Fsp3) is 0.464. The minimum absolute atomic E-state index is 0.0189. The first-order valence-corrected chi connectivity index (χ1v) is 12.3. The van der Waals surface area contributed by atoms with Crippen LogP contribution in [0.5, 0.6) is 11.5 Å². The summed E-state index contributed by atoms with van der Waals surface area (Å²) in [6, 6.07) is 14.1. The van der Waals surface area contributed by atoms with Gasteiger partial charge in [0.2, 0.25) is 0 Å². The Balaban J connectivity index is 1.50. The number of fused-ring (bicyclic) bond motifs is 1. The zero-order valence-corrected chi connectivity index (χ0v) is 19.8. The van der Waals surface area contributed by atoms with E-state index in [2.05, 4.69) is 24.1 Å². The normalized spacial score (nSPS) is 19.8. The fourth-order valence-electron chi connectivity index (χ4n) is 5.42. The molecular weight excluding hydrogens is 412 g/mol. The first kappa shape index (κ1) is 22.0. The van der Waals surface area contributed by atoms with Gasteiger partial charge in [-0.1, -0.05) is 6.42 Å². The van der Waals surface area contributed by atoms with Crippen molar-refractivity contribution in [2.45, 2.75) is 63.5 Å². The average Bonchev–Trinajstić information content (AvgIpc) is 3.42. The highest BCUT2D eigenvalue weighted by Gasteiger charge is 2.24. The molecule has 0 N–H and O–H groups in total. The van der Waals surface area contributed by atoms with E-state index >= 15 is 0 Å². The lowest BCUT2D eigenvalue weighted by molar-refractivity contribution is 0.0964. The SMILES string of the molecule is COc1ccc(C(=O)n2cc(CC3CCCN3C)c3cc(OC4CCCCC4)ccc32)cc1. The molecule has 2 aliphatic rings. The highest BCUT2D eigenvalue weighted by atomic mass is 16.5. The Bertz CT molecular complexity index is 1110. The zero-order valence-electron chi connectivity index (χ0n) is 19.8. The smallest absolute Gasteiger partial charge is 0.262 e. The van der Waals surface area contributed by atoms with Gasteiger partial charge in [-0.05, 0) is 107 Å². The maximum absolute atomic E-state index is 13.5. The van der Waals surface area contributed by atoms with E-state index < -0.39 is 0 Å². The Kier molecular flexibility index (Phi) is 6.41. The van der Waals surface area contributed by atoms with Crippen molar-refractivity contribution < 1.29 is 14.3 Å². The minimum atomic E-state index is -0.0189. The number of ether oxygens (including phenoxy) is 2. The molecule has 1 aliphatic carbocycles. The van der Waals surface area contributed by atoms with Gasteiger partial charge in [0, 0.05) is 23.2 Å². The van der Waals surface area contributed by atoms with Crippen molar-refractivity contribution in [1.29, 1.82) is 0 Å². The van der Waals surface area contributed by atoms with Crippen LogP contribution in [0.25, 0.3) is 10.9 Å². The molecule has 2 aromatic carbocycles. The second-order valence-corrected chi connectivity index (χ2v) is 9.60. The van der Waals surface area contributed by atoms with Gasteiger partial charge in [0.15, 0.2) is 0 Å². The highest BCUT2D eigenvalue weighted by molar-refractivity contribution is 6.03. The average molecular weight is 447 g/mol. The van der Waals surface area contributed by atoms with Crippen LogP contribution in [0.1, 0.15) is 60.9 Å². The molecule has 1 saturated carbocycles. The monoisotopic (exact) mass is 446 g/mol. The topological polar surface area (TPSA) is 43.7 Å². The molecule has 174 valence electrons. The van der Waals surface area contributed by atoms with E-state index in [0.29, 0.717) is 17.7 Å². The molecule has 3 aromatic rings. The van der Waals surface area contributed by atoms with Crippen molar-refractivity contribution in [2.24, 2.45) is 0 Å². The maximum atomic E-state index is 13.5. The molecule has 5 nitrogen and oxygen atoms in total. The zero-order chi connectivity index (χ0) is 22.8. The number of methoxy groups -OCH3 is 1. The summed E-state index contributed by atoms with van der Waals surface area (Å²) in [5.74, 6) is 1.65. The number of nitrogens with zero attached hydrogens (tertiary/aromatic N) is 2.